The minimum atomic E-state index is -0.706. The zero-order valence-corrected chi connectivity index (χ0v) is 7.04. The minimum absolute atomic E-state index is 0.0370. The van der Waals surface area contributed by atoms with Crippen LogP contribution in [0.25, 0.3) is 0 Å². The Kier molecular flexibility index (Phi) is 3.00. The van der Waals surface area contributed by atoms with E-state index in [-0.39, 0.29) is 23.6 Å². The second kappa shape index (κ2) is 3.83. The molecule has 0 saturated carbocycles. The van der Waals surface area contributed by atoms with Gasteiger partial charge >= 0.3 is 0 Å². The number of hydrogen-bond acceptors (Lipinski definition) is 1. The van der Waals surface area contributed by atoms with Gasteiger partial charge in [-0.3, -0.25) is 0 Å². The molecule has 1 nitrogen and oxygen atoms in total. The largest absolute Gasteiger partial charge is 0.330 e. The highest BCUT2D eigenvalue weighted by molar-refractivity contribution is 6.30. The van der Waals surface area contributed by atoms with Gasteiger partial charge in [-0.2, -0.15) is 0 Å². The first kappa shape index (κ1) is 9.42. The van der Waals surface area contributed by atoms with Crippen LogP contribution in [0, 0.1) is 11.6 Å². The topological polar surface area (TPSA) is 26.0 Å². The van der Waals surface area contributed by atoms with Crippen LogP contribution in [-0.2, 0) is 6.42 Å². The minimum Gasteiger partial charge on any atom is -0.330 e. The molecule has 0 aliphatic rings. The zero-order chi connectivity index (χ0) is 9.14. The molecule has 0 atom stereocenters. The first-order chi connectivity index (χ1) is 5.66. The molecule has 12 heavy (non-hydrogen) atoms. The molecule has 0 radical (unpaired) electrons. The molecule has 0 aromatic heterocycles. The molecular formula is C8H8ClF2N. The zero-order valence-electron chi connectivity index (χ0n) is 6.28. The van der Waals surface area contributed by atoms with Crippen LogP contribution < -0.4 is 5.73 Å². The lowest BCUT2D eigenvalue weighted by atomic mass is 10.1. The van der Waals surface area contributed by atoms with Crippen LogP contribution in [0.5, 0.6) is 0 Å². The van der Waals surface area contributed by atoms with Gasteiger partial charge in [0.1, 0.15) is 11.6 Å². The van der Waals surface area contributed by atoms with E-state index in [1.165, 1.54) is 6.07 Å². The summed E-state index contributed by atoms with van der Waals surface area (Å²) in [5, 5.41) is -0.0696. The Morgan fingerprint density at radius 3 is 2.58 bits per heavy atom. The molecule has 0 aliphatic heterocycles. The van der Waals surface area contributed by atoms with E-state index in [9.17, 15) is 8.78 Å². The summed E-state index contributed by atoms with van der Waals surface area (Å²) in [5.41, 5.74) is 5.13. The third-order valence-electron chi connectivity index (χ3n) is 1.53. The summed E-state index contributed by atoms with van der Waals surface area (Å²) in [6.07, 6.45) is 0.165. The van der Waals surface area contributed by atoms with E-state index in [0.29, 0.717) is 0 Å². The summed E-state index contributed by atoms with van der Waals surface area (Å²) >= 11 is 5.44. The van der Waals surface area contributed by atoms with E-state index in [4.69, 9.17) is 17.3 Å². The highest BCUT2D eigenvalue weighted by Crippen LogP contribution is 2.20. The van der Waals surface area contributed by atoms with Gasteiger partial charge in [0.15, 0.2) is 0 Å². The van der Waals surface area contributed by atoms with Crippen molar-refractivity contribution >= 4 is 11.6 Å². The third kappa shape index (κ3) is 1.73. The van der Waals surface area contributed by atoms with Crippen molar-refractivity contribution in [2.45, 2.75) is 6.42 Å². The highest BCUT2D eigenvalue weighted by atomic mass is 35.5. The SMILES string of the molecule is NCCc1c(F)ccc(Cl)c1F. The molecule has 2 N–H and O–H groups in total. The number of benzene rings is 1. The van der Waals surface area contributed by atoms with Crippen LogP contribution in [-0.4, -0.2) is 6.54 Å². The molecule has 0 amide bonds. The number of halogens is 3. The smallest absolute Gasteiger partial charge is 0.147 e. The van der Waals surface area contributed by atoms with Gasteiger partial charge in [0, 0.05) is 5.56 Å². The summed E-state index contributed by atoms with van der Waals surface area (Å²) < 4.78 is 25.9. The number of rotatable bonds is 2. The van der Waals surface area contributed by atoms with Crippen LogP contribution >= 0.6 is 11.6 Å². The highest BCUT2D eigenvalue weighted by Gasteiger charge is 2.10. The average molecular weight is 192 g/mol. The maximum atomic E-state index is 13.0. The first-order valence-corrected chi connectivity index (χ1v) is 3.87. The van der Waals surface area contributed by atoms with E-state index >= 15 is 0 Å². The number of hydrogen-bond donors (Lipinski definition) is 1. The molecule has 0 saturated heterocycles. The molecule has 1 aromatic carbocycles. The molecule has 1 aromatic rings. The van der Waals surface area contributed by atoms with Crippen LogP contribution in [0.1, 0.15) is 5.56 Å². The Bertz CT molecular complexity index is 289. The standard InChI is InChI=1S/C8H8ClF2N/c9-6-1-2-7(10)5(3-4-12)8(6)11/h1-2H,3-4,12H2. The maximum Gasteiger partial charge on any atom is 0.147 e. The summed E-state index contributed by atoms with van der Waals surface area (Å²) in [6, 6.07) is 2.32. The monoisotopic (exact) mass is 191 g/mol. The van der Waals surface area contributed by atoms with E-state index in [1.807, 2.05) is 0 Å². The molecule has 0 heterocycles. The van der Waals surface area contributed by atoms with E-state index < -0.39 is 11.6 Å². The molecule has 66 valence electrons. The molecule has 1 rings (SSSR count). The van der Waals surface area contributed by atoms with Crippen molar-refractivity contribution in [3.63, 3.8) is 0 Å². The Morgan fingerprint density at radius 1 is 1.33 bits per heavy atom. The lowest BCUT2D eigenvalue weighted by Gasteiger charge is -2.03. The van der Waals surface area contributed by atoms with Gasteiger partial charge in [0.25, 0.3) is 0 Å². The van der Waals surface area contributed by atoms with Gasteiger partial charge in [-0.1, -0.05) is 11.6 Å². The van der Waals surface area contributed by atoms with Crippen molar-refractivity contribution in [1.29, 1.82) is 0 Å². The van der Waals surface area contributed by atoms with E-state index in [2.05, 4.69) is 0 Å². The van der Waals surface area contributed by atoms with Crippen molar-refractivity contribution in [3.8, 4) is 0 Å². The lowest BCUT2D eigenvalue weighted by Crippen LogP contribution is -2.06. The number of nitrogens with two attached hydrogens (primary N) is 1. The van der Waals surface area contributed by atoms with Gasteiger partial charge in [-0.15, -0.1) is 0 Å². The Balaban J connectivity index is 3.14. The fourth-order valence-electron chi connectivity index (χ4n) is 0.943. The Labute approximate surface area is 74.1 Å². The molecule has 0 bridgehead atoms. The van der Waals surface area contributed by atoms with Gasteiger partial charge < -0.3 is 5.73 Å². The fraction of sp³-hybridized carbons (Fsp3) is 0.250. The summed E-state index contributed by atoms with van der Waals surface area (Å²) in [6.45, 7) is 0.203. The van der Waals surface area contributed by atoms with Crippen LogP contribution in [0.3, 0.4) is 0 Å². The van der Waals surface area contributed by atoms with Crippen LogP contribution in [0.2, 0.25) is 5.02 Å². The maximum absolute atomic E-state index is 13.0. The second-order valence-corrected chi connectivity index (χ2v) is 2.77. The molecule has 0 fully saturated rings. The predicted octanol–water partition coefficient (Wildman–Crippen LogP) is 2.12. The Morgan fingerprint density at radius 2 is 2.00 bits per heavy atom. The molecular weight excluding hydrogens is 184 g/mol. The molecule has 0 unspecified atom stereocenters. The molecule has 4 heteroatoms. The van der Waals surface area contributed by atoms with Crippen LogP contribution in [0.4, 0.5) is 8.78 Å². The van der Waals surface area contributed by atoms with E-state index in [0.717, 1.165) is 6.07 Å². The normalized spacial score (nSPS) is 10.3. The van der Waals surface area contributed by atoms with Crippen LogP contribution in [0.15, 0.2) is 12.1 Å². The fourth-order valence-corrected chi connectivity index (χ4v) is 1.12. The summed E-state index contributed by atoms with van der Waals surface area (Å²) in [7, 11) is 0. The summed E-state index contributed by atoms with van der Waals surface area (Å²) in [5.74, 6) is -1.30. The predicted molar refractivity (Wildman–Crippen MR) is 44.1 cm³/mol. The van der Waals surface area contributed by atoms with Crippen molar-refractivity contribution in [2.24, 2.45) is 5.73 Å². The first-order valence-electron chi connectivity index (χ1n) is 3.49. The van der Waals surface area contributed by atoms with Gasteiger partial charge in [0.2, 0.25) is 0 Å². The van der Waals surface area contributed by atoms with Crippen molar-refractivity contribution in [3.05, 3.63) is 34.4 Å². The summed E-state index contributed by atoms with van der Waals surface area (Å²) in [4.78, 5) is 0. The second-order valence-electron chi connectivity index (χ2n) is 2.36. The lowest BCUT2D eigenvalue weighted by molar-refractivity contribution is 0.556. The average Bonchev–Trinajstić information content (AvgIpc) is 2.06. The Hall–Kier alpha value is -0.670. The van der Waals surface area contributed by atoms with Gasteiger partial charge in [-0.05, 0) is 25.1 Å². The molecule has 0 spiro atoms. The van der Waals surface area contributed by atoms with Gasteiger partial charge in [0.05, 0.1) is 5.02 Å². The van der Waals surface area contributed by atoms with E-state index in [1.54, 1.807) is 0 Å². The van der Waals surface area contributed by atoms with Gasteiger partial charge in [-0.25, -0.2) is 8.78 Å². The molecule has 0 aliphatic carbocycles. The van der Waals surface area contributed by atoms with Crippen molar-refractivity contribution in [2.75, 3.05) is 6.54 Å². The third-order valence-corrected chi connectivity index (χ3v) is 1.83. The quantitative estimate of drug-likeness (QED) is 0.712. The van der Waals surface area contributed by atoms with Crippen molar-refractivity contribution in [1.82, 2.24) is 0 Å². The van der Waals surface area contributed by atoms with Crippen molar-refractivity contribution < 1.29 is 8.78 Å².